The van der Waals surface area contributed by atoms with E-state index in [0.717, 1.165) is 5.56 Å². The highest BCUT2D eigenvalue weighted by Crippen LogP contribution is 2.13. The van der Waals surface area contributed by atoms with Crippen molar-refractivity contribution in [3.63, 3.8) is 0 Å². The van der Waals surface area contributed by atoms with Crippen LogP contribution in [0.2, 0.25) is 0 Å². The summed E-state index contributed by atoms with van der Waals surface area (Å²) in [6.45, 7) is 0.617. The summed E-state index contributed by atoms with van der Waals surface area (Å²) < 4.78 is 0. The molecule has 2 aromatic rings. The van der Waals surface area contributed by atoms with E-state index in [1.807, 2.05) is 30.3 Å². The number of rotatable bonds is 19. The Morgan fingerprint density at radius 1 is 0.705 bits per heavy atom. The van der Waals surface area contributed by atoms with Crippen LogP contribution in [0.25, 0.3) is 0 Å². The van der Waals surface area contributed by atoms with Crippen LogP contribution in [0, 0.1) is 0 Å². The van der Waals surface area contributed by atoms with Gasteiger partial charge in [-0.25, -0.2) is 0 Å². The first-order valence-electron chi connectivity index (χ1n) is 14.5. The van der Waals surface area contributed by atoms with Crippen molar-refractivity contribution in [3.8, 4) is 5.75 Å². The number of carbonyl (C=O) groups excluding carboxylic acids is 4. The first-order valence-corrected chi connectivity index (χ1v) is 14.5. The van der Waals surface area contributed by atoms with Crippen LogP contribution in [-0.4, -0.2) is 72.0 Å². The van der Waals surface area contributed by atoms with Gasteiger partial charge < -0.3 is 49.7 Å². The number of primary amides is 1. The minimum absolute atomic E-state index is 0.0386. The zero-order chi connectivity index (χ0) is 32.5. The van der Waals surface area contributed by atoms with Gasteiger partial charge in [-0.3, -0.25) is 24.2 Å². The van der Waals surface area contributed by atoms with Gasteiger partial charge in [-0.15, -0.1) is 0 Å². The molecule has 0 aliphatic rings. The second kappa shape index (κ2) is 18.8. The van der Waals surface area contributed by atoms with E-state index >= 15 is 0 Å². The first kappa shape index (κ1) is 35.5. The van der Waals surface area contributed by atoms with Crippen molar-refractivity contribution in [2.45, 2.75) is 69.1 Å². The molecule has 0 aromatic heterocycles. The molecule has 0 aliphatic carbocycles. The summed E-state index contributed by atoms with van der Waals surface area (Å²) in [7, 11) is 0. The standard InChI is InChI=1S/C30H45N9O5/c31-15-5-4-9-23(26(33)41)37-28(43)24(10-6-16-36-30(34)35)38-29(44)25(18-20-11-13-21(40)14-12-20)39-27(42)22(32)17-19-7-2-1-3-8-19/h1-3,7-8,11-14,22-25,40H,4-6,9-10,15-18,31-32H2,(H2,33,41)(H,37,43)(H,38,44)(H,39,42)(H4,34,35,36)/t22-,23-,24-,25+/m0/s1. The zero-order valence-corrected chi connectivity index (χ0v) is 24.8. The summed E-state index contributed by atoms with van der Waals surface area (Å²) in [4.78, 5) is 56.0. The quantitative estimate of drug-likeness (QED) is 0.0514. The second-order valence-electron chi connectivity index (χ2n) is 10.5. The summed E-state index contributed by atoms with van der Waals surface area (Å²) in [6, 6.07) is 11.2. The highest BCUT2D eigenvalue weighted by atomic mass is 16.3. The zero-order valence-electron chi connectivity index (χ0n) is 24.8. The van der Waals surface area contributed by atoms with E-state index in [2.05, 4.69) is 20.9 Å². The first-order chi connectivity index (χ1) is 21.0. The molecule has 240 valence electrons. The molecule has 0 saturated carbocycles. The van der Waals surface area contributed by atoms with Gasteiger partial charge in [0.05, 0.1) is 6.04 Å². The molecular weight excluding hydrogens is 566 g/mol. The van der Waals surface area contributed by atoms with Crippen LogP contribution in [0.5, 0.6) is 5.75 Å². The molecule has 4 amide bonds. The summed E-state index contributed by atoms with van der Waals surface area (Å²) >= 11 is 0. The maximum atomic E-state index is 13.6. The number of hydrogen-bond donors (Lipinski definition) is 9. The van der Waals surface area contributed by atoms with Gasteiger partial charge in [-0.2, -0.15) is 0 Å². The van der Waals surface area contributed by atoms with Gasteiger partial charge in [0.1, 0.15) is 23.9 Å². The number of hydrogen-bond acceptors (Lipinski definition) is 8. The maximum Gasteiger partial charge on any atom is 0.243 e. The van der Waals surface area contributed by atoms with Crippen LogP contribution in [-0.2, 0) is 32.0 Å². The van der Waals surface area contributed by atoms with E-state index in [1.54, 1.807) is 12.1 Å². The number of nitrogens with two attached hydrogens (primary N) is 5. The lowest BCUT2D eigenvalue weighted by Gasteiger charge is -2.25. The van der Waals surface area contributed by atoms with Crippen LogP contribution in [0.15, 0.2) is 59.6 Å². The van der Waals surface area contributed by atoms with Crippen LogP contribution in [0.3, 0.4) is 0 Å². The van der Waals surface area contributed by atoms with Gasteiger partial charge in [0.2, 0.25) is 23.6 Å². The van der Waals surface area contributed by atoms with Crippen LogP contribution in [0.1, 0.15) is 43.2 Å². The van der Waals surface area contributed by atoms with Crippen molar-refractivity contribution < 1.29 is 24.3 Å². The molecular formula is C30H45N9O5. The maximum absolute atomic E-state index is 13.6. The van der Waals surface area contributed by atoms with E-state index in [-0.39, 0.29) is 43.9 Å². The predicted molar refractivity (Wildman–Crippen MR) is 168 cm³/mol. The Morgan fingerprint density at radius 3 is 1.89 bits per heavy atom. The monoisotopic (exact) mass is 611 g/mol. The fraction of sp³-hybridized carbons (Fsp3) is 0.433. The lowest BCUT2D eigenvalue weighted by molar-refractivity contribution is -0.133. The third kappa shape index (κ3) is 13.1. The van der Waals surface area contributed by atoms with E-state index in [4.69, 9.17) is 28.7 Å². The van der Waals surface area contributed by atoms with Crippen molar-refractivity contribution in [1.29, 1.82) is 0 Å². The third-order valence-electron chi connectivity index (χ3n) is 6.83. The Hall–Kier alpha value is -4.69. The number of benzene rings is 2. The topological polar surface area (TPSA) is 267 Å². The minimum atomic E-state index is -1.13. The lowest BCUT2D eigenvalue weighted by atomic mass is 10.0. The van der Waals surface area contributed by atoms with Gasteiger partial charge in [-0.1, -0.05) is 42.5 Å². The number of guanidine groups is 1. The molecule has 0 fully saturated rings. The van der Waals surface area contributed by atoms with Crippen molar-refractivity contribution in [2.75, 3.05) is 13.1 Å². The molecule has 0 unspecified atom stereocenters. The number of amides is 4. The molecule has 0 bridgehead atoms. The fourth-order valence-electron chi connectivity index (χ4n) is 4.41. The van der Waals surface area contributed by atoms with Crippen molar-refractivity contribution in [2.24, 2.45) is 33.7 Å². The lowest BCUT2D eigenvalue weighted by Crippen LogP contribution is -2.58. The Kier molecular flexibility index (Phi) is 15.1. The number of carbonyl (C=O) groups is 4. The van der Waals surface area contributed by atoms with Crippen LogP contribution in [0.4, 0.5) is 0 Å². The van der Waals surface area contributed by atoms with E-state index in [0.29, 0.717) is 31.4 Å². The Bertz CT molecular complexity index is 1240. The highest BCUT2D eigenvalue weighted by Gasteiger charge is 2.30. The van der Waals surface area contributed by atoms with E-state index in [9.17, 15) is 24.3 Å². The Morgan fingerprint density at radius 2 is 1.27 bits per heavy atom. The molecule has 0 radical (unpaired) electrons. The number of nitrogens with one attached hydrogen (secondary N) is 3. The molecule has 14 N–H and O–H groups in total. The fourth-order valence-corrected chi connectivity index (χ4v) is 4.41. The van der Waals surface area contributed by atoms with Gasteiger partial charge in [0, 0.05) is 13.0 Å². The number of nitrogens with zero attached hydrogens (tertiary/aromatic N) is 1. The molecule has 0 spiro atoms. The van der Waals surface area contributed by atoms with Gasteiger partial charge >= 0.3 is 0 Å². The molecule has 14 heteroatoms. The molecule has 2 aromatic carbocycles. The number of unbranched alkanes of at least 4 members (excludes halogenated alkanes) is 1. The number of phenols is 1. The Balaban J connectivity index is 2.25. The molecule has 0 aliphatic heterocycles. The molecule has 14 nitrogen and oxygen atoms in total. The van der Waals surface area contributed by atoms with Crippen molar-refractivity contribution >= 4 is 29.6 Å². The average molecular weight is 612 g/mol. The van der Waals surface area contributed by atoms with Crippen LogP contribution >= 0.6 is 0 Å². The third-order valence-corrected chi connectivity index (χ3v) is 6.83. The summed E-state index contributed by atoms with van der Waals surface area (Å²) in [6.07, 6.45) is 2.22. The van der Waals surface area contributed by atoms with Crippen LogP contribution < -0.4 is 44.6 Å². The van der Waals surface area contributed by atoms with Gasteiger partial charge in [-0.05, 0) is 68.3 Å². The predicted octanol–water partition coefficient (Wildman–Crippen LogP) is -1.37. The molecule has 44 heavy (non-hydrogen) atoms. The molecule has 0 saturated heterocycles. The SMILES string of the molecule is NCCCC[C@H](NC(=O)[C@H](CCCN=C(N)N)NC(=O)[C@@H](Cc1ccc(O)cc1)NC(=O)[C@@H](N)Cc1ccccc1)C(N)=O. The molecule has 2 rings (SSSR count). The van der Waals surface area contributed by atoms with Crippen molar-refractivity contribution in [3.05, 3.63) is 65.7 Å². The van der Waals surface area contributed by atoms with Crippen molar-refractivity contribution in [1.82, 2.24) is 16.0 Å². The number of aromatic hydroxyl groups is 1. The average Bonchev–Trinajstić information content (AvgIpc) is 2.99. The summed E-state index contributed by atoms with van der Waals surface area (Å²) in [5, 5.41) is 17.7. The Labute approximate surface area is 257 Å². The van der Waals surface area contributed by atoms with Gasteiger partial charge in [0.25, 0.3) is 0 Å². The van der Waals surface area contributed by atoms with E-state index in [1.165, 1.54) is 12.1 Å². The highest BCUT2D eigenvalue weighted by molar-refractivity contribution is 5.94. The van der Waals surface area contributed by atoms with E-state index < -0.39 is 47.8 Å². The van der Waals surface area contributed by atoms with Gasteiger partial charge in [0.15, 0.2) is 5.96 Å². The molecule has 0 heterocycles. The summed E-state index contributed by atoms with van der Waals surface area (Å²) in [5.74, 6) is -2.64. The normalized spacial score (nSPS) is 13.5. The summed E-state index contributed by atoms with van der Waals surface area (Å²) in [5.41, 5.74) is 29.5. The number of phenolic OH excluding ortho intramolecular Hbond substituents is 1. The minimum Gasteiger partial charge on any atom is -0.508 e. The largest absolute Gasteiger partial charge is 0.508 e. The smallest absolute Gasteiger partial charge is 0.243 e. The second-order valence-corrected chi connectivity index (χ2v) is 10.5. The number of aliphatic imine (C=N–C) groups is 1. The molecule has 4 atom stereocenters.